The second kappa shape index (κ2) is 6.44. The zero-order chi connectivity index (χ0) is 15.5. The summed E-state index contributed by atoms with van der Waals surface area (Å²) in [7, 11) is 2.07. The van der Waals surface area contributed by atoms with Crippen LogP contribution in [0.25, 0.3) is 0 Å². The standard InChI is InChI=1S/C16H23N5O/c1-11-14(12(2)20-19-11)4-6-21(3)16-8-15(17-10-18-16)13-5-7-22-9-13/h8,10,13H,4-7,9H2,1-3H3,(H,19,20). The monoisotopic (exact) mass is 301 g/mol. The highest BCUT2D eigenvalue weighted by Crippen LogP contribution is 2.25. The van der Waals surface area contributed by atoms with Gasteiger partial charge in [0.15, 0.2) is 0 Å². The summed E-state index contributed by atoms with van der Waals surface area (Å²) in [5.41, 5.74) is 4.62. The molecule has 1 atom stereocenters. The van der Waals surface area contributed by atoms with Gasteiger partial charge < -0.3 is 9.64 Å². The number of aromatic nitrogens is 4. The van der Waals surface area contributed by atoms with E-state index >= 15 is 0 Å². The number of H-pyrrole nitrogens is 1. The molecule has 2 aromatic heterocycles. The van der Waals surface area contributed by atoms with Crippen LogP contribution in [0.4, 0.5) is 5.82 Å². The lowest BCUT2D eigenvalue weighted by Crippen LogP contribution is -2.22. The van der Waals surface area contributed by atoms with E-state index in [1.807, 2.05) is 6.92 Å². The summed E-state index contributed by atoms with van der Waals surface area (Å²) in [5, 5.41) is 7.29. The summed E-state index contributed by atoms with van der Waals surface area (Å²) in [6, 6.07) is 2.09. The Labute approximate surface area is 130 Å². The van der Waals surface area contributed by atoms with E-state index in [-0.39, 0.29) is 0 Å². The van der Waals surface area contributed by atoms with Crippen molar-refractivity contribution in [2.45, 2.75) is 32.6 Å². The first kappa shape index (κ1) is 15.0. The van der Waals surface area contributed by atoms with E-state index in [0.29, 0.717) is 5.92 Å². The van der Waals surface area contributed by atoms with Gasteiger partial charge in [-0.05, 0) is 32.3 Å². The number of hydrogen-bond acceptors (Lipinski definition) is 5. The molecule has 0 bridgehead atoms. The maximum absolute atomic E-state index is 5.45. The van der Waals surface area contributed by atoms with Gasteiger partial charge in [-0.25, -0.2) is 9.97 Å². The van der Waals surface area contributed by atoms with Crippen LogP contribution in [0.5, 0.6) is 0 Å². The van der Waals surface area contributed by atoms with E-state index in [1.54, 1.807) is 6.33 Å². The van der Waals surface area contributed by atoms with Gasteiger partial charge in [-0.1, -0.05) is 0 Å². The van der Waals surface area contributed by atoms with E-state index in [0.717, 1.165) is 55.5 Å². The highest BCUT2D eigenvalue weighted by atomic mass is 16.5. The van der Waals surface area contributed by atoms with Crippen molar-refractivity contribution < 1.29 is 4.74 Å². The number of aromatic amines is 1. The average Bonchev–Trinajstić information content (AvgIpc) is 3.16. The summed E-state index contributed by atoms with van der Waals surface area (Å²) in [6.07, 6.45) is 3.66. The lowest BCUT2D eigenvalue weighted by atomic mass is 10.0. The van der Waals surface area contributed by atoms with Crippen molar-refractivity contribution in [3.8, 4) is 0 Å². The Hall–Kier alpha value is -1.95. The highest BCUT2D eigenvalue weighted by Gasteiger charge is 2.20. The van der Waals surface area contributed by atoms with Crippen molar-refractivity contribution in [3.63, 3.8) is 0 Å². The molecule has 1 aliphatic heterocycles. The molecule has 1 N–H and O–H groups in total. The van der Waals surface area contributed by atoms with Crippen molar-refractivity contribution in [1.82, 2.24) is 20.2 Å². The Morgan fingerprint density at radius 1 is 1.36 bits per heavy atom. The largest absolute Gasteiger partial charge is 0.381 e. The third-order valence-electron chi connectivity index (χ3n) is 4.39. The van der Waals surface area contributed by atoms with E-state index in [4.69, 9.17) is 4.74 Å². The van der Waals surface area contributed by atoms with Gasteiger partial charge in [0, 0.05) is 37.9 Å². The molecule has 0 radical (unpaired) electrons. The fourth-order valence-corrected chi connectivity index (χ4v) is 2.90. The van der Waals surface area contributed by atoms with E-state index in [1.165, 1.54) is 5.56 Å². The predicted octanol–water partition coefficient (Wildman–Crippen LogP) is 2.00. The van der Waals surface area contributed by atoms with Crippen LogP contribution in [-0.2, 0) is 11.2 Å². The lowest BCUT2D eigenvalue weighted by molar-refractivity contribution is 0.193. The van der Waals surface area contributed by atoms with E-state index in [2.05, 4.69) is 45.1 Å². The van der Waals surface area contributed by atoms with Gasteiger partial charge in [-0.3, -0.25) is 5.10 Å². The van der Waals surface area contributed by atoms with Gasteiger partial charge in [0.1, 0.15) is 12.1 Å². The highest BCUT2D eigenvalue weighted by molar-refractivity contribution is 5.39. The van der Waals surface area contributed by atoms with Crippen molar-refractivity contribution in [3.05, 3.63) is 35.0 Å². The molecule has 3 heterocycles. The number of rotatable bonds is 5. The molecule has 118 valence electrons. The molecule has 0 spiro atoms. The van der Waals surface area contributed by atoms with Gasteiger partial charge in [0.05, 0.1) is 18.0 Å². The molecule has 22 heavy (non-hydrogen) atoms. The smallest absolute Gasteiger partial charge is 0.131 e. The zero-order valence-electron chi connectivity index (χ0n) is 13.5. The van der Waals surface area contributed by atoms with Crippen LogP contribution in [0.15, 0.2) is 12.4 Å². The molecule has 1 saturated heterocycles. The van der Waals surface area contributed by atoms with Crippen molar-refractivity contribution >= 4 is 5.82 Å². The lowest BCUT2D eigenvalue weighted by Gasteiger charge is -2.19. The van der Waals surface area contributed by atoms with Crippen LogP contribution in [0.3, 0.4) is 0 Å². The second-order valence-electron chi connectivity index (χ2n) is 5.95. The minimum Gasteiger partial charge on any atom is -0.381 e. The quantitative estimate of drug-likeness (QED) is 0.915. The summed E-state index contributed by atoms with van der Waals surface area (Å²) in [4.78, 5) is 11.0. The van der Waals surface area contributed by atoms with Crippen molar-refractivity contribution in [2.24, 2.45) is 0 Å². The molecule has 2 aromatic rings. The normalized spacial score (nSPS) is 17.9. The molecule has 0 amide bonds. The van der Waals surface area contributed by atoms with E-state index in [9.17, 15) is 0 Å². The summed E-state index contributed by atoms with van der Waals surface area (Å²) < 4.78 is 5.45. The van der Waals surface area contributed by atoms with Crippen LogP contribution in [0.1, 0.15) is 35.0 Å². The number of hydrogen-bond donors (Lipinski definition) is 1. The van der Waals surface area contributed by atoms with E-state index < -0.39 is 0 Å². The number of nitrogens with one attached hydrogen (secondary N) is 1. The second-order valence-corrected chi connectivity index (χ2v) is 5.95. The molecular weight excluding hydrogens is 278 g/mol. The molecule has 0 aromatic carbocycles. The first-order valence-electron chi connectivity index (χ1n) is 7.76. The third kappa shape index (κ3) is 3.11. The molecule has 3 rings (SSSR count). The number of anilines is 1. The van der Waals surface area contributed by atoms with Crippen LogP contribution < -0.4 is 4.90 Å². The predicted molar refractivity (Wildman–Crippen MR) is 85.2 cm³/mol. The maximum Gasteiger partial charge on any atom is 0.131 e. The minimum absolute atomic E-state index is 0.411. The SMILES string of the molecule is Cc1n[nH]c(C)c1CCN(C)c1cc(C2CCOC2)ncn1. The van der Waals surface area contributed by atoms with Crippen molar-refractivity contribution in [2.75, 3.05) is 31.7 Å². The number of likely N-dealkylation sites (N-methyl/N-ethyl adjacent to an activating group) is 1. The summed E-state index contributed by atoms with van der Waals surface area (Å²) in [5.74, 6) is 1.38. The Balaban J connectivity index is 1.67. The van der Waals surface area contributed by atoms with Crippen LogP contribution in [0, 0.1) is 13.8 Å². The molecular formula is C16H23N5O. The Kier molecular flexibility index (Phi) is 4.38. The summed E-state index contributed by atoms with van der Waals surface area (Å²) in [6.45, 7) is 6.62. The molecule has 6 heteroatoms. The molecule has 1 unspecified atom stereocenters. The molecule has 0 saturated carbocycles. The number of aryl methyl sites for hydroxylation is 2. The van der Waals surface area contributed by atoms with Gasteiger partial charge in [-0.2, -0.15) is 5.10 Å². The summed E-state index contributed by atoms with van der Waals surface area (Å²) >= 11 is 0. The van der Waals surface area contributed by atoms with Gasteiger partial charge in [0.25, 0.3) is 0 Å². The Bertz CT molecular complexity index is 614. The maximum atomic E-state index is 5.45. The molecule has 6 nitrogen and oxygen atoms in total. The minimum atomic E-state index is 0.411. The fraction of sp³-hybridized carbons (Fsp3) is 0.562. The average molecular weight is 301 g/mol. The third-order valence-corrected chi connectivity index (χ3v) is 4.39. The molecule has 0 aliphatic carbocycles. The Morgan fingerprint density at radius 2 is 2.23 bits per heavy atom. The van der Waals surface area contributed by atoms with Crippen LogP contribution in [-0.4, -0.2) is 47.0 Å². The van der Waals surface area contributed by atoms with Gasteiger partial charge >= 0.3 is 0 Å². The fourth-order valence-electron chi connectivity index (χ4n) is 2.90. The van der Waals surface area contributed by atoms with Crippen molar-refractivity contribution in [1.29, 1.82) is 0 Å². The molecule has 1 aliphatic rings. The van der Waals surface area contributed by atoms with Gasteiger partial charge in [-0.15, -0.1) is 0 Å². The van der Waals surface area contributed by atoms with Crippen LogP contribution >= 0.6 is 0 Å². The molecule has 1 fully saturated rings. The topological polar surface area (TPSA) is 66.9 Å². The Morgan fingerprint density at radius 3 is 2.91 bits per heavy atom. The first-order chi connectivity index (χ1) is 10.6. The number of ether oxygens (including phenoxy) is 1. The number of nitrogens with zero attached hydrogens (tertiary/aromatic N) is 4. The van der Waals surface area contributed by atoms with Crippen LogP contribution in [0.2, 0.25) is 0 Å². The van der Waals surface area contributed by atoms with Gasteiger partial charge in [0.2, 0.25) is 0 Å². The first-order valence-corrected chi connectivity index (χ1v) is 7.76. The zero-order valence-corrected chi connectivity index (χ0v) is 13.5.